The molecule has 3 rings (SSSR count). The molecule has 6 nitrogen and oxygen atoms in total. The lowest BCUT2D eigenvalue weighted by Crippen LogP contribution is -2.32. The Hall–Kier alpha value is -3.27. The van der Waals surface area contributed by atoms with Crippen molar-refractivity contribution in [3.63, 3.8) is 0 Å². The SMILES string of the molecule is O=C(CNC(=O)c1ccc(C(F)(F)F)cc1)Nc1nc(-c2ccccn2)cs1. The molecule has 2 aromatic heterocycles. The summed E-state index contributed by atoms with van der Waals surface area (Å²) in [6.07, 6.45) is -2.85. The first-order valence-electron chi connectivity index (χ1n) is 7.95. The van der Waals surface area contributed by atoms with Gasteiger partial charge in [0.2, 0.25) is 5.91 Å². The van der Waals surface area contributed by atoms with Crippen LogP contribution in [-0.2, 0) is 11.0 Å². The highest BCUT2D eigenvalue weighted by molar-refractivity contribution is 7.14. The first-order chi connectivity index (χ1) is 13.3. The molecule has 0 saturated carbocycles. The van der Waals surface area contributed by atoms with Crippen LogP contribution in [0.25, 0.3) is 11.4 Å². The van der Waals surface area contributed by atoms with Crippen molar-refractivity contribution in [3.05, 3.63) is 65.2 Å². The second-order valence-electron chi connectivity index (χ2n) is 5.56. The van der Waals surface area contributed by atoms with E-state index in [9.17, 15) is 22.8 Å². The lowest BCUT2D eigenvalue weighted by Gasteiger charge is -2.08. The number of carbonyl (C=O) groups excluding carboxylic acids is 2. The Kier molecular flexibility index (Phi) is 5.69. The molecule has 0 spiro atoms. The molecule has 0 saturated heterocycles. The summed E-state index contributed by atoms with van der Waals surface area (Å²) in [5, 5.41) is 6.97. The maximum absolute atomic E-state index is 12.5. The zero-order valence-electron chi connectivity index (χ0n) is 14.2. The topological polar surface area (TPSA) is 84.0 Å². The normalized spacial score (nSPS) is 11.1. The van der Waals surface area contributed by atoms with Crippen LogP contribution in [-0.4, -0.2) is 28.3 Å². The number of carbonyl (C=O) groups is 2. The fourth-order valence-corrected chi connectivity index (χ4v) is 2.92. The maximum atomic E-state index is 12.5. The number of thiazole rings is 1. The van der Waals surface area contributed by atoms with Gasteiger partial charge in [-0.25, -0.2) is 4.98 Å². The highest BCUT2D eigenvalue weighted by atomic mass is 32.1. The third-order valence-electron chi connectivity index (χ3n) is 3.56. The molecule has 28 heavy (non-hydrogen) atoms. The summed E-state index contributed by atoms with van der Waals surface area (Å²) in [7, 11) is 0. The number of halogens is 3. The zero-order chi connectivity index (χ0) is 20.1. The number of pyridine rings is 1. The van der Waals surface area contributed by atoms with E-state index in [2.05, 4.69) is 20.6 Å². The number of hydrogen-bond acceptors (Lipinski definition) is 5. The van der Waals surface area contributed by atoms with Crippen LogP contribution in [0, 0.1) is 0 Å². The van der Waals surface area contributed by atoms with Crippen LogP contribution in [0.15, 0.2) is 54.0 Å². The molecule has 0 aliphatic carbocycles. The Balaban J connectivity index is 1.53. The lowest BCUT2D eigenvalue weighted by molar-refractivity contribution is -0.137. The van der Waals surface area contributed by atoms with E-state index in [4.69, 9.17) is 0 Å². The van der Waals surface area contributed by atoms with E-state index >= 15 is 0 Å². The zero-order valence-corrected chi connectivity index (χ0v) is 15.0. The van der Waals surface area contributed by atoms with Crippen LogP contribution in [0.1, 0.15) is 15.9 Å². The number of aromatic nitrogens is 2. The molecule has 0 radical (unpaired) electrons. The Bertz CT molecular complexity index is 973. The average Bonchev–Trinajstić information content (AvgIpc) is 3.14. The van der Waals surface area contributed by atoms with E-state index < -0.39 is 23.6 Å². The molecule has 3 aromatic rings. The number of hydrogen-bond donors (Lipinski definition) is 2. The third kappa shape index (κ3) is 4.92. The van der Waals surface area contributed by atoms with Crippen molar-refractivity contribution >= 4 is 28.3 Å². The molecule has 0 unspecified atom stereocenters. The minimum atomic E-state index is -4.48. The quantitative estimate of drug-likeness (QED) is 0.678. The standard InChI is InChI=1S/C18H13F3N4O2S/c19-18(20,21)12-6-4-11(5-7-12)16(27)23-9-15(26)25-17-24-14(10-28-17)13-3-1-2-8-22-13/h1-8,10H,9H2,(H,23,27)(H,24,25,26). The molecule has 0 fully saturated rings. The minimum Gasteiger partial charge on any atom is -0.343 e. The molecule has 0 atom stereocenters. The molecule has 144 valence electrons. The molecular formula is C18H13F3N4O2S. The van der Waals surface area contributed by atoms with Crippen LogP contribution in [0.2, 0.25) is 0 Å². The molecule has 0 aliphatic heterocycles. The predicted octanol–water partition coefficient (Wildman–Crippen LogP) is 3.59. The molecule has 0 aliphatic rings. The number of alkyl halides is 3. The first kappa shape index (κ1) is 19.5. The van der Waals surface area contributed by atoms with Crippen molar-refractivity contribution in [2.45, 2.75) is 6.18 Å². The van der Waals surface area contributed by atoms with Gasteiger partial charge >= 0.3 is 6.18 Å². The smallest absolute Gasteiger partial charge is 0.343 e. The molecule has 1 aromatic carbocycles. The average molecular weight is 406 g/mol. The Morgan fingerprint density at radius 3 is 2.43 bits per heavy atom. The Morgan fingerprint density at radius 2 is 1.79 bits per heavy atom. The van der Waals surface area contributed by atoms with Gasteiger partial charge in [-0.05, 0) is 36.4 Å². The van der Waals surface area contributed by atoms with Gasteiger partial charge in [-0.15, -0.1) is 11.3 Å². The van der Waals surface area contributed by atoms with E-state index in [0.717, 1.165) is 24.3 Å². The van der Waals surface area contributed by atoms with Gasteiger partial charge in [0.15, 0.2) is 5.13 Å². The number of nitrogens with one attached hydrogen (secondary N) is 2. The van der Waals surface area contributed by atoms with Gasteiger partial charge in [0.1, 0.15) is 5.69 Å². The second kappa shape index (κ2) is 8.17. The van der Waals surface area contributed by atoms with Crippen LogP contribution < -0.4 is 10.6 Å². The van der Waals surface area contributed by atoms with Gasteiger partial charge < -0.3 is 10.6 Å². The monoisotopic (exact) mass is 406 g/mol. The fraction of sp³-hybridized carbons (Fsp3) is 0.111. The minimum absolute atomic E-state index is 0.0208. The molecule has 10 heteroatoms. The van der Waals surface area contributed by atoms with E-state index in [1.165, 1.54) is 11.3 Å². The van der Waals surface area contributed by atoms with E-state index in [0.29, 0.717) is 16.5 Å². The van der Waals surface area contributed by atoms with Gasteiger partial charge in [0.05, 0.1) is 17.8 Å². The third-order valence-corrected chi connectivity index (χ3v) is 4.32. The van der Waals surface area contributed by atoms with Crippen LogP contribution in [0.5, 0.6) is 0 Å². The van der Waals surface area contributed by atoms with Crippen LogP contribution in [0.3, 0.4) is 0 Å². The molecule has 0 bridgehead atoms. The van der Waals surface area contributed by atoms with Crippen molar-refractivity contribution in [2.75, 3.05) is 11.9 Å². The Morgan fingerprint density at radius 1 is 1.04 bits per heavy atom. The summed E-state index contributed by atoms with van der Waals surface area (Å²) in [4.78, 5) is 32.3. The molecule has 2 amide bonds. The summed E-state index contributed by atoms with van der Waals surface area (Å²) in [5.41, 5.74) is 0.436. The van der Waals surface area contributed by atoms with Crippen molar-refractivity contribution in [3.8, 4) is 11.4 Å². The number of amides is 2. The van der Waals surface area contributed by atoms with E-state index in [1.807, 2.05) is 6.07 Å². The van der Waals surface area contributed by atoms with E-state index in [-0.39, 0.29) is 12.1 Å². The van der Waals surface area contributed by atoms with E-state index in [1.54, 1.807) is 23.7 Å². The fourth-order valence-electron chi connectivity index (χ4n) is 2.20. The summed E-state index contributed by atoms with van der Waals surface area (Å²) < 4.78 is 37.6. The van der Waals surface area contributed by atoms with Gasteiger partial charge in [0.25, 0.3) is 5.91 Å². The van der Waals surface area contributed by atoms with Crippen molar-refractivity contribution in [2.24, 2.45) is 0 Å². The highest BCUT2D eigenvalue weighted by Crippen LogP contribution is 2.29. The highest BCUT2D eigenvalue weighted by Gasteiger charge is 2.30. The van der Waals surface area contributed by atoms with Crippen LogP contribution >= 0.6 is 11.3 Å². The summed E-state index contributed by atoms with van der Waals surface area (Å²) in [6, 6.07) is 9.10. The molecule has 2 heterocycles. The van der Waals surface area contributed by atoms with Crippen molar-refractivity contribution < 1.29 is 22.8 Å². The van der Waals surface area contributed by atoms with Gasteiger partial charge in [-0.2, -0.15) is 13.2 Å². The first-order valence-corrected chi connectivity index (χ1v) is 8.83. The van der Waals surface area contributed by atoms with Gasteiger partial charge in [0, 0.05) is 17.1 Å². The largest absolute Gasteiger partial charge is 0.416 e. The number of rotatable bonds is 5. The predicted molar refractivity (Wildman–Crippen MR) is 97.8 cm³/mol. The van der Waals surface area contributed by atoms with Crippen LogP contribution in [0.4, 0.5) is 18.3 Å². The summed E-state index contributed by atoms with van der Waals surface area (Å²) in [6.45, 7) is -0.349. The van der Waals surface area contributed by atoms with Crippen molar-refractivity contribution in [1.29, 1.82) is 0 Å². The number of nitrogens with zero attached hydrogens (tertiary/aromatic N) is 2. The lowest BCUT2D eigenvalue weighted by atomic mass is 10.1. The van der Waals surface area contributed by atoms with Crippen molar-refractivity contribution in [1.82, 2.24) is 15.3 Å². The maximum Gasteiger partial charge on any atom is 0.416 e. The summed E-state index contributed by atoms with van der Waals surface area (Å²) in [5.74, 6) is -1.17. The summed E-state index contributed by atoms with van der Waals surface area (Å²) >= 11 is 1.20. The number of anilines is 1. The Labute approximate surface area is 161 Å². The second-order valence-corrected chi connectivity index (χ2v) is 6.42. The van der Waals surface area contributed by atoms with Gasteiger partial charge in [-0.3, -0.25) is 14.6 Å². The molecule has 2 N–H and O–H groups in total. The number of benzene rings is 1. The molecular weight excluding hydrogens is 393 g/mol. The van der Waals surface area contributed by atoms with Gasteiger partial charge in [-0.1, -0.05) is 6.07 Å².